The Morgan fingerprint density at radius 3 is 2.65 bits per heavy atom. The van der Waals surface area contributed by atoms with Crippen LogP contribution < -0.4 is 4.90 Å². The van der Waals surface area contributed by atoms with Crippen molar-refractivity contribution in [1.82, 2.24) is 9.88 Å². The van der Waals surface area contributed by atoms with Gasteiger partial charge in [-0.05, 0) is 30.3 Å². The molecule has 1 aliphatic heterocycles. The molecule has 2 heterocycles. The van der Waals surface area contributed by atoms with Gasteiger partial charge in [-0.2, -0.15) is 0 Å². The molecular weight excluding hydrogens is 369 g/mol. The van der Waals surface area contributed by atoms with Crippen LogP contribution in [0.2, 0.25) is 0 Å². The molecule has 1 aliphatic rings. The molecule has 4 rings (SSSR count). The quantitative estimate of drug-likeness (QED) is 0.637. The van der Waals surface area contributed by atoms with Gasteiger partial charge >= 0.3 is 0 Å². The summed E-state index contributed by atoms with van der Waals surface area (Å²) in [5.41, 5.74) is 0.823. The maximum absolute atomic E-state index is 13.3. The van der Waals surface area contributed by atoms with Crippen molar-refractivity contribution in [3.63, 3.8) is 0 Å². The van der Waals surface area contributed by atoms with Crippen molar-refractivity contribution in [1.29, 1.82) is 0 Å². The van der Waals surface area contributed by atoms with E-state index in [2.05, 4.69) is 9.88 Å². The SMILES string of the molecule is O=C(CSc1ccccc1)N1CCN(c2nc3ccc(F)cc3s2)CC1. The number of halogens is 1. The molecule has 0 bridgehead atoms. The predicted molar refractivity (Wildman–Crippen MR) is 106 cm³/mol. The Labute approximate surface area is 159 Å². The lowest BCUT2D eigenvalue weighted by molar-refractivity contribution is -0.128. The Bertz CT molecular complexity index is 908. The summed E-state index contributed by atoms with van der Waals surface area (Å²) in [6.07, 6.45) is 0. The summed E-state index contributed by atoms with van der Waals surface area (Å²) in [7, 11) is 0. The van der Waals surface area contributed by atoms with Crippen LogP contribution in [0.4, 0.5) is 9.52 Å². The molecule has 0 N–H and O–H groups in total. The third kappa shape index (κ3) is 3.83. The number of rotatable bonds is 4. The topological polar surface area (TPSA) is 36.4 Å². The Balaban J connectivity index is 1.33. The van der Waals surface area contributed by atoms with Gasteiger partial charge in [-0.3, -0.25) is 4.79 Å². The summed E-state index contributed by atoms with van der Waals surface area (Å²) in [5, 5.41) is 0.899. The number of thiazole rings is 1. The highest BCUT2D eigenvalue weighted by Crippen LogP contribution is 2.30. The predicted octanol–water partition coefficient (Wildman–Crippen LogP) is 3.88. The van der Waals surface area contributed by atoms with E-state index in [4.69, 9.17) is 0 Å². The highest BCUT2D eigenvalue weighted by molar-refractivity contribution is 8.00. The van der Waals surface area contributed by atoms with Crippen molar-refractivity contribution < 1.29 is 9.18 Å². The third-order valence-corrected chi connectivity index (χ3v) is 6.42. The zero-order valence-corrected chi connectivity index (χ0v) is 15.7. The lowest BCUT2D eigenvalue weighted by atomic mass is 10.3. The average Bonchev–Trinajstić information content (AvgIpc) is 3.10. The summed E-state index contributed by atoms with van der Waals surface area (Å²) >= 11 is 3.08. The maximum Gasteiger partial charge on any atom is 0.233 e. The van der Waals surface area contributed by atoms with Crippen molar-refractivity contribution in [3.8, 4) is 0 Å². The minimum atomic E-state index is -0.237. The molecule has 1 fully saturated rings. The molecule has 0 aliphatic carbocycles. The molecule has 0 spiro atoms. The first kappa shape index (κ1) is 17.3. The number of anilines is 1. The minimum Gasteiger partial charge on any atom is -0.345 e. The lowest BCUT2D eigenvalue weighted by Gasteiger charge is -2.34. The molecule has 2 aromatic carbocycles. The molecule has 1 aromatic heterocycles. The highest BCUT2D eigenvalue weighted by Gasteiger charge is 2.23. The van der Waals surface area contributed by atoms with E-state index in [0.29, 0.717) is 18.8 Å². The van der Waals surface area contributed by atoms with Crippen LogP contribution in [0, 0.1) is 5.82 Å². The first-order valence-corrected chi connectivity index (χ1v) is 10.3. The molecule has 3 aromatic rings. The fourth-order valence-corrected chi connectivity index (χ4v) is 4.79. The molecule has 4 nitrogen and oxygen atoms in total. The fourth-order valence-electron chi connectivity index (χ4n) is 2.92. The summed E-state index contributed by atoms with van der Waals surface area (Å²) in [4.78, 5) is 22.2. The van der Waals surface area contributed by atoms with Crippen LogP contribution in [0.15, 0.2) is 53.4 Å². The first-order valence-electron chi connectivity index (χ1n) is 8.46. The van der Waals surface area contributed by atoms with E-state index in [9.17, 15) is 9.18 Å². The van der Waals surface area contributed by atoms with Crippen LogP contribution in [0.3, 0.4) is 0 Å². The smallest absolute Gasteiger partial charge is 0.233 e. The largest absolute Gasteiger partial charge is 0.345 e. The van der Waals surface area contributed by atoms with E-state index < -0.39 is 0 Å². The van der Waals surface area contributed by atoms with Crippen molar-refractivity contribution in [2.45, 2.75) is 4.90 Å². The van der Waals surface area contributed by atoms with Crippen LogP contribution in [-0.4, -0.2) is 47.7 Å². The van der Waals surface area contributed by atoms with Crippen molar-refractivity contribution in [2.75, 3.05) is 36.8 Å². The van der Waals surface area contributed by atoms with Crippen molar-refractivity contribution >= 4 is 44.4 Å². The van der Waals surface area contributed by atoms with Gasteiger partial charge in [0.05, 0.1) is 16.0 Å². The number of carbonyl (C=O) groups is 1. The van der Waals surface area contributed by atoms with E-state index in [1.807, 2.05) is 35.2 Å². The maximum atomic E-state index is 13.3. The number of aromatic nitrogens is 1. The van der Waals surface area contributed by atoms with Gasteiger partial charge in [0, 0.05) is 31.1 Å². The van der Waals surface area contributed by atoms with Crippen LogP contribution in [0.5, 0.6) is 0 Å². The number of hydrogen-bond acceptors (Lipinski definition) is 5. The number of nitrogens with zero attached hydrogens (tertiary/aromatic N) is 3. The van der Waals surface area contributed by atoms with Crippen LogP contribution >= 0.6 is 23.1 Å². The molecular formula is C19H18FN3OS2. The zero-order valence-electron chi connectivity index (χ0n) is 14.1. The van der Waals surface area contributed by atoms with Gasteiger partial charge in [-0.15, -0.1) is 11.8 Å². The van der Waals surface area contributed by atoms with Gasteiger partial charge in [0.2, 0.25) is 5.91 Å². The zero-order chi connectivity index (χ0) is 17.9. The molecule has 7 heteroatoms. The van der Waals surface area contributed by atoms with Gasteiger partial charge in [-0.1, -0.05) is 29.5 Å². The summed E-state index contributed by atoms with van der Waals surface area (Å²) in [6.45, 7) is 2.89. The van der Waals surface area contributed by atoms with E-state index in [0.717, 1.165) is 33.3 Å². The summed E-state index contributed by atoms with van der Waals surface area (Å²) in [5.74, 6) is 0.397. The Morgan fingerprint density at radius 2 is 1.88 bits per heavy atom. The lowest BCUT2D eigenvalue weighted by Crippen LogP contribution is -2.49. The summed E-state index contributed by atoms with van der Waals surface area (Å²) < 4.78 is 14.2. The van der Waals surface area contributed by atoms with Gasteiger partial charge in [0.15, 0.2) is 5.13 Å². The second-order valence-electron chi connectivity index (χ2n) is 6.08. The number of amides is 1. The van der Waals surface area contributed by atoms with Gasteiger partial charge in [-0.25, -0.2) is 9.37 Å². The highest BCUT2D eigenvalue weighted by atomic mass is 32.2. The molecule has 0 radical (unpaired) electrons. The second kappa shape index (κ2) is 7.63. The normalized spacial score (nSPS) is 14.8. The molecule has 0 atom stereocenters. The van der Waals surface area contributed by atoms with Crippen molar-refractivity contribution in [2.24, 2.45) is 0 Å². The molecule has 134 valence electrons. The van der Waals surface area contributed by atoms with E-state index in [-0.39, 0.29) is 11.7 Å². The fraction of sp³-hybridized carbons (Fsp3) is 0.263. The summed E-state index contributed by atoms with van der Waals surface area (Å²) in [6, 6.07) is 14.7. The van der Waals surface area contributed by atoms with E-state index >= 15 is 0 Å². The number of thioether (sulfide) groups is 1. The Morgan fingerprint density at radius 1 is 1.12 bits per heavy atom. The Kier molecular flexibility index (Phi) is 5.08. The van der Waals surface area contributed by atoms with Gasteiger partial charge in [0.25, 0.3) is 0 Å². The van der Waals surface area contributed by atoms with Crippen LogP contribution in [-0.2, 0) is 4.79 Å². The standard InChI is InChI=1S/C19H18FN3OS2/c20-14-6-7-16-17(12-14)26-19(21-16)23-10-8-22(9-11-23)18(24)13-25-15-4-2-1-3-5-15/h1-7,12H,8-11,13H2. The number of piperazine rings is 1. The first-order chi connectivity index (χ1) is 12.7. The molecule has 0 unspecified atom stereocenters. The number of hydrogen-bond donors (Lipinski definition) is 0. The molecule has 26 heavy (non-hydrogen) atoms. The van der Waals surface area contributed by atoms with E-state index in [1.165, 1.54) is 23.5 Å². The molecule has 1 saturated heterocycles. The number of benzene rings is 2. The van der Waals surface area contributed by atoms with Crippen LogP contribution in [0.1, 0.15) is 0 Å². The van der Waals surface area contributed by atoms with Gasteiger partial charge < -0.3 is 9.80 Å². The molecule has 0 saturated carbocycles. The molecule has 1 amide bonds. The Hall–Kier alpha value is -2.12. The van der Waals surface area contributed by atoms with Gasteiger partial charge in [0.1, 0.15) is 5.82 Å². The van der Waals surface area contributed by atoms with E-state index in [1.54, 1.807) is 17.8 Å². The monoisotopic (exact) mass is 387 g/mol. The minimum absolute atomic E-state index is 0.171. The number of carbonyl (C=O) groups excluding carboxylic acids is 1. The third-order valence-electron chi connectivity index (χ3n) is 4.35. The second-order valence-corrected chi connectivity index (χ2v) is 8.14. The average molecular weight is 388 g/mol. The number of fused-ring (bicyclic) bond motifs is 1. The van der Waals surface area contributed by atoms with Crippen LogP contribution in [0.25, 0.3) is 10.2 Å². The van der Waals surface area contributed by atoms with Crippen molar-refractivity contribution in [3.05, 3.63) is 54.3 Å².